The predicted molar refractivity (Wildman–Crippen MR) is 53.2 cm³/mol. The van der Waals surface area contributed by atoms with E-state index in [1.165, 1.54) is 7.11 Å². The van der Waals surface area contributed by atoms with Crippen LogP contribution >= 0.6 is 0 Å². The molecular weight excluding hydrogens is 196 g/mol. The van der Waals surface area contributed by atoms with Crippen LogP contribution in [0.2, 0.25) is 0 Å². The Kier molecular flexibility index (Phi) is 3.27. The van der Waals surface area contributed by atoms with Gasteiger partial charge >= 0.3 is 5.97 Å². The molecule has 0 saturated heterocycles. The largest absolute Gasteiger partial charge is 0.469 e. The zero-order valence-electron chi connectivity index (χ0n) is 9.33. The van der Waals surface area contributed by atoms with E-state index in [0.29, 0.717) is 6.42 Å². The van der Waals surface area contributed by atoms with Crippen LogP contribution < -0.4 is 0 Å². The molecule has 0 radical (unpaired) electrons. The summed E-state index contributed by atoms with van der Waals surface area (Å²) in [6.45, 7) is 3.69. The van der Waals surface area contributed by atoms with Crippen molar-refractivity contribution in [1.29, 1.82) is 0 Å². The van der Waals surface area contributed by atoms with Crippen molar-refractivity contribution in [1.82, 2.24) is 0 Å². The molecule has 84 valence electrons. The second kappa shape index (κ2) is 4.13. The minimum atomic E-state index is -0.430. The van der Waals surface area contributed by atoms with Gasteiger partial charge in [0, 0.05) is 12.3 Å². The van der Waals surface area contributed by atoms with E-state index in [4.69, 9.17) is 0 Å². The maximum atomic E-state index is 11.6. The van der Waals surface area contributed by atoms with E-state index in [2.05, 4.69) is 4.74 Å². The fourth-order valence-corrected chi connectivity index (χ4v) is 2.09. The first kappa shape index (κ1) is 11.9. The monoisotopic (exact) mass is 212 g/mol. The van der Waals surface area contributed by atoms with Crippen LogP contribution in [0, 0.1) is 11.3 Å². The molecule has 4 nitrogen and oxygen atoms in total. The Hall–Kier alpha value is -1.19. The average Bonchev–Trinajstić information content (AvgIpc) is 2.09. The zero-order valence-corrected chi connectivity index (χ0v) is 9.33. The number of rotatable bonds is 2. The van der Waals surface area contributed by atoms with Crippen LogP contribution in [-0.4, -0.2) is 24.6 Å². The Morgan fingerprint density at radius 2 is 2.07 bits per heavy atom. The number of ether oxygens (including phenoxy) is 1. The molecule has 0 aromatic heterocycles. The van der Waals surface area contributed by atoms with Crippen molar-refractivity contribution < 1.29 is 19.1 Å². The maximum Gasteiger partial charge on any atom is 0.306 e. The standard InChI is InChI=1S/C11H16O4/c1-11(2)6-7(12)4-9(13)8(11)5-10(14)15-3/h8H,4-6H2,1-3H3. The fraction of sp³-hybridized carbons (Fsp3) is 0.727. The molecule has 15 heavy (non-hydrogen) atoms. The number of carbonyl (C=O) groups is 3. The summed E-state index contributed by atoms with van der Waals surface area (Å²) in [6.07, 6.45) is 0.404. The molecule has 0 spiro atoms. The van der Waals surface area contributed by atoms with Gasteiger partial charge in [0.05, 0.1) is 20.0 Å². The summed E-state index contributed by atoms with van der Waals surface area (Å²) >= 11 is 0. The van der Waals surface area contributed by atoms with Crippen molar-refractivity contribution in [2.45, 2.75) is 33.1 Å². The molecule has 0 amide bonds. The molecule has 1 aliphatic rings. The number of methoxy groups -OCH3 is 1. The van der Waals surface area contributed by atoms with Crippen molar-refractivity contribution in [2.75, 3.05) is 7.11 Å². The minimum Gasteiger partial charge on any atom is -0.469 e. The fourth-order valence-electron chi connectivity index (χ4n) is 2.09. The second-order valence-electron chi connectivity index (χ2n) is 4.68. The summed E-state index contributed by atoms with van der Waals surface area (Å²) in [6, 6.07) is 0. The molecular formula is C11H16O4. The van der Waals surface area contributed by atoms with Crippen LogP contribution in [0.15, 0.2) is 0 Å². The number of esters is 1. The van der Waals surface area contributed by atoms with E-state index in [-0.39, 0.29) is 30.3 Å². The summed E-state index contributed by atoms with van der Waals surface area (Å²) in [7, 11) is 1.30. The van der Waals surface area contributed by atoms with Gasteiger partial charge in [-0.2, -0.15) is 0 Å². The number of carbonyl (C=O) groups excluding carboxylic acids is 3. The van der Waals surface area contributed by atoms with E-state index < -0.39 is 11.4 Å². The Morgan fingerprint density at radius 1 is 1.47 bits per heavy atom. The SMILES string of the molecule is COC(=O)CC1C(=O)CC(=O)CC1(C)C. The molecule has 4 heteroatoms. The van der Waals surface area contributed by atoms with Gasteiger partial charge in [-0.25, -0.2) is 0 Å². The quantitative estimate of drug-likeness (QED) is 0.508. The summed E-state index contributed by atoms with van der Waals surface area (Å²) in [5, 5.41) is 0. The molecule has 0 heterocycles. The van der Waals surface area contributed by atoms with Crippen molar-refractivity contribution in [3.8, 4) is 0 Å². The van der Waals surface area contributed by atoms with Gasteiger partial charge in [0.1, 0.15) is 11.6 Å². The maximum absolute atomic E-state index is 11.6. The summed E-state index contributed by atoms with van der Waals surface area (Å²) in [4.78, 5) is 34.0. The van der Waals surface area contributed by atoms with E-state index in [1.54, 1.807) is 0 Å². The highest BCUT2D eigenvalue weighted by atomic mass is 16.5. The summed E-state index contributed by atoms with van der Waals surface area (Å²) < 4.78 is 4.55. The van der Waals surface area contributed by atoms with E-state index in [1.807, 2.05) is 13.8 Å². The Morgan fingerprint density at radius 3 is 2.53 bits per heavy atom. The Balaban J connectivity index is 2.80. The van der Waals surface area contributed by atoms with Gasteiger partial charge in [-0.05, 0) is 5.41 Å². The van der Waals surface area contributed by atoms with Gasteiger partial charge in [-0.15, -0.1) is 0 Å². The third kappa shape index (κ3) is 2.64. The van der Waals surface area contributed by atoms with Gasteiger partial charge in [0.2, 0.25) is 0 Å². The molecule has 1 unspecified atom stereocenters. The number of hydrogen-bond acceptors (Lipinski definition) is 4. The summed E-state index contributed by atoms with van der Waals surface area (Å²) in [5.74, 6) is -0.953. The molecule has 1 fully saturated rings. The van der Waals surface area contributed by atoms with Gasteiger partial charge in [-0.3, -0.25) is 14.4 Å². The minimum absolute atomic E-state index is 0.0360. The molecule has 1 saturated carbocycles. The first-order valence-electron chi connectivity index (χ1n) is 4.98. The van der Waals surface area contributed by atoms with Gasteiger partial charge < -0.3 is 4.74 Å². The van der Waals surface area contributed by atoms with Crippen molar-refractivity contribution >= 4 is 17.5 Å². The smallest absolute Gasteiger partial charge is 0.306 e. The lowest BCUT2D eigenvalue weighted by atomic mass is 9.66. The topological polar surface area (TPSA) is 60.4 Å². The third-order valence-corrected chi connectivity index (χ3v) is 2.95. The Bertz CT molecular complexity index is 304. The first-order valence-corrected chi connectivity index (χ1v) is 4.98. The molecule has 0 aromatic carbocycles. The number of hydrogen-bond donors (Lipinski definition) is 0. The lowest BCUT2D eigenvalue weighted by Crippen LogP contribution is -2.40. The number of ketones is 2. The molecule has 1 atom stereocenters. The highest BCUT2D eigenvalue weighted by Gasteiger charge is 2.42. The molecule has 0 bridgehead atoms. The van der Waals surface area contributed by atoms with E-state index >= 15 is 0 Å². The molecule has 0 N–H and O–H groups in total. The lowest BCUT2D eigenvalue weighted by molar-refractivity contribution is -0.149. The van der Waals surface area contributed by atoms with Gasteiger partial charge in [0.15, 0.2) is 0 Å². The number of Topliss-reactive ketones (excluding diaryl/α,β-unsaturated/α-hetero) is 2. The lowest BCUT2D eigenvalue weighted by Gasteiger charge is -2.35. The molecule has 1 rings (SSSR count). The van der Waals surface area contributed by atoms with Gasteiger partial charge in [-0.1, -0.05) is 13.8 Å². The molecule has 0 aliphatic heterocycles. The van der Waals surface area contributed by atoms with Crippen LogP contribution in [0.5, 0.6) is 0 Å². The molecule has 0 aromatic rings. The van der Waals surface area contributed by atoms with Crippen molar-refractivity contribution in [2.24, 2.45) is 11.3 Å². The highest BCUT2D eigenvalue weighted by Crippen LogP contribution is 2.39. The van der Waals surface area contributed by atoms with Crippen molar-refractivity contribution in [3.05, 3.63) is 0 Å². The first-order chi connectivity index (χ1) is 6.86. The predicted octanol–water partition coefficient (Wildman–Crippen LogP) is 1.12. The van der Waals surface area contributed by atoms with Gasteiger partial charge in [0.25, 0.3) is 0 Å². The Labute approximate surface area is 89.0 Å². The van der Waals surface area contributed by atoms with E-state index in [9.17, 15) is 14.4 Å². The summed E-state index contributed by atoms with van der Waals surface area (Å²) in [5.41, 5.74) is -0.430. The van der Waals surface area contributed by atoms with Crippen molar-refractivity contribution in [3.63, 3.8) is 0 Å². The highest BCUT2D eigenvalue weighted by molar-refractivity contribution is 6.04. The molecule has 1 aliphatic carbocycles. The van der Waals surface area contributed by atoms with Crippen LogP contribution in [-0.2, 0) is 19.1 Å². The van der Waals surface area contributed by atoms with Crippen LogP contribution in [0.3, 0.4) is 0 Å². The third-order valence-electron chi connectivity index (χ3n) is 2.95. The zero-order chi connectivity index (χ0) is 11.6. The van der Waals surface area contributed by atoms with Crippen LogP contribution in [0.1, 0.15) is 33.1 Å². The van der Waals surface area contributed by atoms with Crippen LogP contribution in [0.25, 0.3) is 0 Å². The van der Waals surface area contributed by atoms with Crippen LogP contribution in [0.4, 0.5) is 0 Å². The average molecular weight is 212 g/mol. The second-order valence-corrected chi connectivity index (χ2v) is 4.68. The van der Waals surface area contributed by atoms with E-state index in [0.717, 1.165) is 0 Å². The normalized spacial score (nSPS) is 25.1.